The molecule has 1 aliphatic heterocycles. The van der Waals surface area contributed by atoms with Gasteiger partial charge in [-0.3, -0.25) is 0 Å². The molecule has 0 atom stereocenters. The Bertz CT molecular complexity index is 390. The Morgan fingerprint density at radius 2 is 2.00 bits per heavy atom. The van der Waals surface area contributed by atoms with Crippen molar-refractivity contribution in [2.75, 3.05) is 18.0 Å². The second kappa shape index (κ2) is 5.31. The van der Waals surface area contributed by atoms with Gasteiger partial charge in [-0.2, -0.15) is 0 Å². The molecule has 0 bridgehead atoms. The summed E-state index contributed by atoms with van der Waals surface area (Å²) in [5.41, 5.74) is 4.98. The molecule has 2 rings (SSSR count). The molecule has 1 aromatic rings. The Morgan fingerprint density at radius 3 is 2.53 bits per heavy atom. The number of amides is 1. The minimum Gasteiger partial charge on any atom is -0.446 e. The fraction of sp³-hybridized carbons (Fsp3) is 0.500. The van der Waals surface area contributed by atoms with E-state index < -0.39 is 6.09 Å². The number of aromatic nitrogens is 2. The van der Waals surface area contributed by atoms with Gasteiger partial charge in [0.25, 0.3) is 0 Å². The van der Waals surface area contributed by atoms with Gasteiger partial charge in [-0.15, -0.1) is 0 Å². The second-order valence-corrected chi connectivity index (χ2v) is 4.74. The fourth-order valence-electron chi connectivity index (χ4n) is 1.81. The van der Waals surface area contributed by atoms with Gasteiger partial charge in [0, 0.05) is 38.3 Å². The predicted octanol–water partition coefficient (Wildman–Crippen LogP) is 1.30. The Hall–Kier alpha value is -1.37. The SMILES string of the molecule is NC(=O)OC1CCN(c2ncc(Br)cn2)CC1. The van der Waals surface area contributed by atoms with Crippen LogP contribution in [0.1, 0.15) is 12.8 Å². The number of rotatable bonds is 2. The second-order valence-electron chi connectivity index (χ2n) is 3.82. The van der Waals surface area contributed by atoms with Crippen molar-refractivity contribution in [1.29, 1.82) is 0 Å². The average Bonchev–Trinajstić information content (AvgIpc) is 2.30. The molecule has 0 unspecified atom stereocenters. The highest BCUT2D eigenvalue weighted by molar-refractivity contribution is 9.10. The van der Waals surface area contributed by atoms with E-state index >= 15 is 0 Å². The Labute approximate surface area is 107 Å². The number of nitrogens with two attached hydrogens (primary N) is 1. The molecule has 2 N–H and O–H groups in total. The summed E-state index contributed by atoms with van der Waals surface area (Å²) in [5.74, 6) is 0.700. The molecule has 6 nitrogen and oxygen atoms in total. The Kier molecular flexibility index (Phi) is 3.78. The van der Waals surface area contributed by atoms with Gasteiger partial charge in [0.1, 0.15) is 6.10 Å². The van der Waals surface area contributed by atoms with Crippen molar-refractivity contribution < 1.29 is 9.53 Å². The molecule has 0 spiro atoms. The number of hydrogen-bond acceptors (Lipinski definition) is 5. The summed E-state index contributed by atoms with van der Waals surface area (Å²) in [6.45, 7) is 1.53. The van der Waals surface area contributed by atoms with E-state index in [1.807, 2.05) is 0 Å². The third-order valence-corrected chi connectivity index (χ3v) is 3.02. The average molecular weight is 301 g/mol. The highest BCUT2D eigenvalue weighted by atomic mass is 79.9. The maximum atomic E-state index is 10.6. The molecule has 17 heavy (non-hydrogen) atoms. The molecular formula is C10H13BrN4O2. The van der Waals surface area contributed by atoms with Crippen LogP contribution in [-0.4, -0.2) is 35.3 Å². The first-order valence-corrected chi connectivity index (χ1v) is 6.13. The van der Waals surface area contributed by atoms with Gasteiger partial charge in [-0.25, -0.2) is 14.8 Å². The van der Waals surface area contributed by atoms with Crippen LogP contribution in [-0.2, 0) is 4.74 Å². The van der Waals surface area contributed by atoms with E-state index in [1.165, 1.54) is 0 Å². The van der Waals surface area contributed by atoms with E-state index in [4.69, 9.17) is 10.5 Å². The van der Waals surface area contributed by atoms with Gasteiger partial charge in [0.05, 0.1) is 4.47 Å². The highest BCUT2D eigenvalue weighted by Gasteiger charge is 2.22. The summed E-state index contributed by atoms with van der Waals surface area (Å²) < 4.78 is 5.81. The quantitative estimate of drug-likeness (QED) is 0.890. The number of anilines is 1. The lowest BCUT2D eigenvalue weighted by Gasteiger charge is -2.31. The van der Waals surface area contributed by atoms with Crippen LogP contribution in [0.2, 0.25) is 0 Å². The van der Waals surface area contributed by atoms with Crippen LogP contribution in [0.4, 0.5) is 10.7 Å². The first kappa shape index (κ1) is 12.1. The molecule has 92 valence electrons. The summed E-state index contributed by atoms with van der Waals surface area (Å²) in [6.07, 6.45) is 4.15. The zero-order valence-electron chi connectivity index (χ0n) is 9.17. The van der Waals surface area contributed by atoms with Gasteiger partial charge in [0.2, 0.25) is 5.95 Å². The van der Waals surface area contributed by atoms with E-state index in [-0.39, 0.29) is 6.10 Å². The van der Waals surface area contributed by atoms with Crippen LogP contribution in [0.3, 0.4) is 0 Å². The lowest BCUT2D eigenvalue weighted by Crippen LogP contribution is -2.39. The van der Waals surface area contributed by atoms with Crippen LogP contribution >= 0.6 is 15.9 Å². The highest BCUT2D eigenvalue weighted by Crippen LogP contribution is 2.18. The van der Waals surface area contributed by atoms with Crippen LogP contribution < -0.4 is 10.6 Å². The first-order chi connectivity index (χ1) is 8.15. The zero-order valence-corrected chi connectivity index (χ0v) is 10.8. The summed E-state index contributed by atoms with van der Waals surface area (Å²) in [4.78, 5) is 21.1. The summed E-state index contributed by atoms with van der Waals surface area (Å²) in [5, 5.41) is 0. The minimum absolute atomic E-state index is 0.0841. The van der Waals surface area contributed by atoms with E-state index in [9.17, 15) is 4.79 Å². The van der Waals surface area contributed by atoms with E-state index in [1.54, 1.807) is 12.4 Å². The molecule has 1 fully saturated rings. The van der Waals surface area contributed by atoms with Gasteiger partial charge in [-0.1, -0.05) is 0 Å². The first-order valence-electron chi connectivity index (χ1n) is 5.34. The molecule has 0 aliphatic carbocycles. The molecule has 2 heterocycles. The molecule has 1 amide bonds. The van der Waals surface area contributed by atoms with Crippen molar-refractivity contribution in [3.8, 4) is 0 Å². The number of piperidine rings is 1. The topological polar surface area (TPSA) is 81.3 Å². The normalized spacial score (nSPS) is 16.9. The maximum Gasteiger partial charge on any atom is 0.404 e. The van der Waals surface area contributed by atoms with Crippen molar-refractivity contribution in [2.24, 2.45) is 5.73 Å². The number of nitrogens with zero attached hydrogens (tertiary/aromatic N) is 3. The molecular weight excluding hydrogens is 288 g/mol. The molecule has 1 aromatic heterocycles. The molecule has 0 aromatic carbocycles. The molecule has 7 heteroatoms. The minimum atomic E-state index is -0.705. The number of hydrogen-bond donors (Lipinski definition) is 1. The van der Waals surface area contributed by atoms with E-state index in [0.717, 1.165) is 30.4 Å². The predicted molar refractivity (Wildman–Crippen MR) is 65.6 cm³/mol. The fourth-order valence-corrected chi connectivity index (χ4v) is 2.01. The number of ether oxygens (including phenoxy) is 1. The van der Waals surface area contributed by atoms with Gasteiger partial charge in [0.15, 0.2) is 0 Å². The van der Waals surface area contributed by atoms with Crippen molar-refractivity contribution in [3.63, 3.8) is 0 Å². The Balaban J connectivity index is 1.90. The summed E-state index contributed by atoms with van der Waals surface area (Å²) in [7, 11) is 0. The van der Waals surface area contributed by atoms with Crippen molar-refractivity contribution in [2.45, 2.75) is 18.9 Å². The van der Waals surface area contributed by atoms with Gasteiger partial charge < -0.3 is 15.4 Å². The molecule has 0 radical (unpaired) electrons. The van der Waals surface area contributed by atoms with Crippen LogP contribution in [0, 0.1) is 0 Å². The molecule has 0 saturated carbocycles. The zero-order chi connectivity index (χ0) is 12.3. The Morgan fingerprint density at radius 1 is 1.41 bits per heavy atom. The number of primary amides is 1. The standard InChI is InChI=1S/C10H13BrN4O2/c11-7-5-13-10(14-6-7)15-3-1-8(2-4-15)17-9(12)16/h5-6,8H,1-4H2,(H2,12,16). The van der Waals surface area contributed by atoms with E-state index in [0.29, 0.717) is 5.95 Å². The monoisotopic (exact) mass is 300 g/mol. The molecule has 1 saturated heterocycles. The summed E-state index contributed by atoms with van der Waals surface area (Å²) >= 11 is 3.29. The number of carbonyl (C=O) groups is 1. The number of halogens is 1. The van der Waals surface area contributed by atoms with Crippen LogP contribution in [0.5, 0.6) is 0 Å². The van der Waals surface area contributed by atoms with Crippen molar-refractivity contribution in [3.05, 3.63) is 16.9 Å². The lowest BCUT2D eigenvalue weighted by molar-refractivity contribution is 0.0910. The van der Waals surface area contributed by atoms with Crippen LogP contribution in [0.25, 0.3) is 0 Å². The van der Waals surface area contributed by atoms with Crippen LogP contribution in [0.15, 0.2) is 16.9 Å². The maximum absolute atomic E-state index is 10.6. The number of carbonyl (C=O) groups excluding carboxylic acids is 1. The largest absolute Gasteiger partial charge is 0.446 e. The third kappa shape index (κ3) is 3.29. The third-order valence-electron chi connectivity index (χ3n) is 2.61. The van der Waals surface area contributed by atoms with E-state index in [2.05, 4.69) is 30.8 Å². The van der Waals surface area contributed by atoms with Gasteiger partial charge in [-0.05, 0) is 15.9 Å². The molecule has 1 aliphatic rings. The lowest BCUT2D eigenvalue weighted by atomic mass is 10.1. The summed E-state index contributed by atoms with van der Waals surface area (Å²) in [6, 6.07) is 0. The van der Waals surface area contributed by atoms with Crippen molar-refractivity contribution in [1.82, 2.24) is 9.97 Å². The van der Waals surface area contributed by atoms with Gasteiger partial charge >= 0.3 is 6.09 Å². The van der Waals surface area contributed by atoms with Crippen molar-refractivity contribution >= 4 is 28.0 Å². The smallest absolute Gasteiger partial charge is 0.404 e.